The molecule has 112 valence electrons. The molecule has 0 amide bonds. The van der Waals surface area contributed by atoms with Crippen LogP contribution in [0.4, 0.5) is 5.69 Å². The van der Waals surface area contributed by atoms with Crippen molar-refractivity contribution in [2.45, 2.75) is 26.2 Å². The van der Waals surface area contributed by atoms with E-state index in [0.717, 1.165) is 11.3 Å². The molecule has 0 N–H and O–H groups in total. The fourth-order valence-electron chi connectivity index (χ4n) is 2.30. The molecule has 1 saturated heterocycles. The number of anilines is 1. The van der Waals surface area contributed by atoms with Gasteiger partial charge in [-0.2, -0.15) is 0 Å². The first-order chi connectivity index (χ1) is 10.0. The number of allylic oxidation sites excluding steroid dienone is 1. The van der Waals surface area contributed by atoms with Gasteiger partial charge in [-0.05, 0) is 36.6 Å². The highest BCUT2D eigenvalue weighted by Gasteiger charge is 2.27. The topological polar surface area (TPSA) is 46.6 Å². The van der Waals surface area contributed by atoms with E-state index in [4.69, 9.17) is 4.74 Å². The minimum atomic E-state index is -0.292. The van der Waals surface area contributed by atoms with Crippen LogP contribution in [-0.2, 0) is 14.3 Å². The van der Waals surface area contributed by atoms with Crippen molar-refractivity contribution in [1.82, 2.24) is 0 Å². The fraction of sp³-hybridized carbons (Fsp3) is 0.412. The zero-order valence-corrected chi connectivity index (χ0v) is 12.8. The highest BCUT2D eigenvalue weighted by Crippen LogP contribution is 2.24. The number of benzene rings is 1. The molecule has 0 saturated carbocycles. The van der Waals surface area contributed by atoms with Crippen molar-refractivity contribution in [2.75, 3.05) is 19.0 Å². The lowest BCUT2D eigenvalue weighted by molar-refractivity contribution is -0.144. The summed E-state index contributed by atoms with van der Waals surface area (Å²) in [6, 6.07) is 7.74. The van der Waals surface area contributed by atoms with E-state index in [1.54, 1.807) is 6.08 Å². The molecule has 21 heavy (non-hydrogen) atoms. The molecule has 0 spiro atoms. The van der Waals surface area contributed by atoms with E-state index in [-0.39, 0.29) is 23.4 Å². The predicted molar refractivity (Wildman–Crippen MR) is 82.9 cm³/mol. The molecule has 1 fully saturated rings. The molecule has 1 atom stereocenters. The van der Waals surface area contributed by atoms with Crippen LogP contribution in [0.1, 0.15) is 31.7 Å². The molecular formula is C17H21NO3. The number of Topliss-reactive ketones (excluding diaryl/α,β-unsaturated/α-hetero) is 1. The number of rotatable bonds is 3. The first kappa shape index (κ1) is 15.3. The van der Waals surface area contributed by atoms with Gasteiger partial charge in [0.25, 0.3) is 0 Å². The Hall–Kier alpha value is -2.10. The summed E-state index contributed by atoms with van der Waals surface area (Å²) in [6.45, 7) is 1.94. The van der Waals surface area contributed by atoms with Gasteiger partial charge in [0, 0.05) is 26.2 Å². The summed E-state index contributed by atoms with van der Waals surface area (Å²) >= 11 is 0. The Morgan fingerprint density at radius 1 is 1.24 bits per heavy atom. The van der Waals surface area contributed by atoms with Crippen LogP contribution in [0.2, 0.25) is 0 Å². The van der Waals surface area contributed by atoms with E-state index in [1.165, 1.54) is 0 Å². The number of esters is 1. The summed E-state index contributed by atoms with van der Waals surface area (Å²) in [5, 5.41) is 0. The molecule has 1 aromatic rings. The van der Waals surface area contributed by atoms with Gasteiger partial charge in [-0.25, -0.2) is 0 Å². The van der Waals surface area contributed by atoms with Gasteiger partial charge in [-0.3, -0.25) is 9.59 Å². The average Bonchev–Trinajstić information content (AvgIpc) is 2.59. The lowest BCUT2D eigenvalue weighted by Crippen LogP contribution is -2.14. The van der Waals surface area contributed by atoms with Crippen LogP contribution >= 0.6 is 0 Å². The van der Waals surface area contributed by atoms with Crippen LogP contribution < -0.4 is 4.90 Å². The average molecular weight is 287 g/mol. The molecule has 1 aliphatic heterocycles. The largest absolute Gasteiger partial charge is 0.422 e. The summed E-state index contributed by atoms with van der Waals surface area (Å²) < 4.78 is 5.27. The lowest BCUT2D eigenvalue weighted by atomic mass is 10.00. The third-order valence-electron chi connectivity index (χ3n) is 3.74. The highest BCUT2D eigenvalue weighted by atomic mass is 16.5. The van der Waals surface area contributed by atoms with Gasteiger partial charge in [0.15, 0.2) is 11.5 Å². The molecule has 0 aromatic heterocycles. The number of ether oxygens (including phenoxy) is 1. The highest BCUT2D eigenvalue weighted by molar-refractivity contribution is 6.01. The number of hydrogen-bond acceptors (Lipinski definition) is 4. The van der Waals surface area contributed by atoms with Crippen molar-refractivity contribution in [1.29, 1.82) is 0 Å². The SMILES string of the molecule is CC[C@H]1CCC(=O)/C(=C\c2ccc(N(C)C)cc2)OC1=O. The predicted octanol–water partition coefficient (Wildman–Crippen LogP) is 3.03. The Kier molecular flexibility index (Phi) is 4.78. The number of ketones is 1. The van der Waals surface area contributed by atoms with E-state index in [2.05, 4.69) is 0 Å². The van der Waals surface area contributed by atoms with Crippen molar-refractivity contribution in [3.05, 3.63) is 35.6 Å². The van der Waals surface area contributed by atoms with Gasteiger partial charge in [0.05, 0.1) is 5.92 Å². The molecule has 1 aliphatic rings. The zero-order chi connectivity index (χ0) is 15.4. The molecule has 4 nitrogen and oxygen atoms in total. The molecule has 1 heterocycles. The first-order valence-corrected chi connectivity index (χ1v) is 7.25. The van der Waals surface area contributed by atoms with Crippen molar-refractivity contribution >= 4 is 23.5 Å². The Balaban J connectivity index is 2.22. The molecule has 0 unspecified atom stereocenters. The first-order valence-electron chi connectivity index (χ1n) is 7.25. The minimum Gasteiger partial charge on any atom is -0.422 e. The third-order valence-corrected chi connectivity index (χ3v) is 3.74. The van der Waals surface area contributed by atoms with Crippen molar-refractivity contribution in [3.8, 4) is 0 Å². The molecule has 2 rings (SSSR count). The number of hydrogen-bond donors (Lipinski definition) is 0. The molecule has 0 bridgehead atoms. The number of cyclic esters (lactones) is 1. The summed E-state index contributed by atoms with van der Waals surface area (Å²) in [5.74, 6) is -0.403. The van der Waals surface area contributed by atoms with Gasteiger partial charge in [-0.15, -0.1) is 0 Å². The van der Waals surface area contributed by atoms with Crippen LogP contribution in [0.15, 0.2) is 30.0 Å². The zero-order valence-electron chi connectivity index (χ0n) is 12.8. The summed E-state index contributed by atoms with van der Waals surface area (Å²) in [5.41, 5.74) is 1.93. The van der Waals surface area contributed by atoms with Crippen LogP contribution in [-0.4, -0.2) is 25.8 Å². The van der Waals surface area contributed by atoms with E-state index in [9.17, 15) is 9.59 Å². The molecule has 0 aliphatic carbocycles. The Labute approximate surface area is 125 Å². The third kappa shape index (κ3) is 3.72. The smallest absolute Gasteiger partial charge is 0.314 e. The van der Waals surface area contributed by atoms with Crippen molar-refractivity contribution in [2.24, 2.45) is 5.92 Å². The second kappa shape index (κ2) is 6.57. The molecule has 0 radical (unpaired) electrons. The van der Waals surface area contributed by atoms with Gasteiger partial charge in [0.2, 0.25) is 0 Å². The van der Waals surface area contributed by atoms with Gasteiger partial charge in [-0.1, -0.05) is 19.1 Å². The number of nitrogens with zero attached hydrogens (tertiary/aromatic N) is 1. The maximum absolute atomic E-state index is 12.0. The maximum Gasteiger partial charge on any atom is 0.314 e. The molecule has 1 aromatic carbocycles. The van der Waals surface area contributed by atoms with E-state index < -0.39 is 0 Å². The Morgan fingerprint density at radius 2 is 1.90 bits per heavy atom. The van der Waals surface area contributed by atoms with Gasteiger partial charge in [0.1, 0.15) is 0 Å². The monoisotopic (exact) mass is 287 g/mol. The minimum absolute atomic E-state index is 0.101. The second-order valence-electron chi connectivity index (χ2n) is 5.48. The van der Waals surface area contributed by atoms with Gasteiger partial charge < -0.3 is 9.64 Å². The molecular weight excluding hydrogens is 266 g/mol. The second-order valence-corrected chi connectivity index (χ2v) is 5.48. The number of carbonyl (C=O) groups excluding carboxylic acids is 2. The lowest BCUT2D eigenvalue weighted by Gasteiger charge is -2.12. The maximum atomic E-state index is 12.0. The van der Waals surface area contributed by atoms with Crippen LogP contribution in [0, 0.1) is 5.92 Å². The van der Waals surface area contributed by atoms with Gasteiger partial charge >= 0.3 is 5.97 Å². The summed E-state index contributed by atoms with van der Waals surface area (Å²) in [7, 11) is 3.93. The molecule has 4 heteroatoms. The summed E-state index contributed by atoms with van der Waals surface area (Å²) in [6.07, 6.45) is 3.30. The van der Waals surface area contributed by atoms with Crippen molar-refractivity contribution < 1.29 is 14.3 Å². The van der Waals surface area contributed by atoms with Crippen molar-refractivity contribution in [3.63, 3.8) is 0 Å². The van der Waals surface area contributed by atoms with E-state index >= 15 is 0 Å². The number of carbonyl (C=O) groups is 2. The quantitative estimate of drug-likeness (QED) is 0.633. The van der Waals surface area contributed by atoms with Crippen LogP contribution in [0.25, 0.3) is 6.08 Å². The summed E-state index contributed by atoms with van der Waals surface area (Å²) in [4.78, 5) is 26.0. The Morgan fingerprint density at radius 3 is 2.48 bits per heavy atom. The fourth-order valence-corrected chi connectivity index (χ4v) is 2.30. The van der Waals surface area contributed by atoms with E-state index in [0.29, 0.717) is 19.3 Å². The van der Waals surface area contributed by atoms with E-state index in [1.807, 2.05) is 50.2 Å². The Bertz CT molecular complexity index is 558. The standard InChI is InChI=1S/C17H21NO3/c1-4-13-7-10-15(19)16(21-17(13)20)11-12-5-8-14(9-6-12)18(2)3/h5-6,8-9,11,13H,4,7,10H2,1-3H3/b16-11+/t13-/m0/s1. The van der Waals surface area contributed by atoms with Crippen LogP contribution in [0.5, 0.6) is 0 Å². The normalized spacial score (nSPS) is 21.1. The van der Waals surface area contributed by atoms with Crippen LogP contribution in [0.3, 0.4) is 0 Å².